The minimum Gasteiger partial charge on any atom is -0.329 e. The van der Waals surface area contributed by atoms with E-state index in [2.05, 4.69) is 35.5 Å². The standard InChI is InChI=1S/C12H25N3S/c1-11-9-14(2)5-6-15(11)12(10-13)3-7-16-8-4-12/h11H,3-10,13H2,1-2H3. The lowest BCUT2D eigenvalue weighted by atomic mass is 9.87. The molecule has 2 aliphatic rings. The highest BCUT2D eigenvalue weighted by atomic mass is 32.2. The van der Waals surface area contributed by atoms with Crippen molar-refractivity contribution >= 4 is 11.8 Å². The quantitative estimate of drug-likeness (QED) is 0.779. The monoisotopic (exact) mass is 243 g/mol. The third-order valence-electron chi connectivity index (χ3n) is 4.24. The van der Waals surface area contributed by atoms with Gasteiger partial charge in [0.05, 0.1) is 0 Å². The zero-order valence-electron chi connectivity index (χ0n) is 10.6. The van der Waals surface area contributed by atoms with Gasteiger partial charge in [0, 0.05) is 37.8 Å². The lowest BCUT2D eigenvalue weighted by Crippen LogP contribution is -2.64. The molecule has 1 unspecified atom stereocenters. The van der Waals surface area contributed by atoms with Crippen molar-refractivity contribution in [2.45, 2.75) is 31.3 Å². The van der Waals surface area contributed by atoms with E-state index in [1.54, 1.807) is 0 Å². The summed E-state index contributed by atoms with van der Waals surface area (Å²) in [5.74, 6) is 2.58. The second-order valence-corrected chi connectivity index (χ2v) is 6.57. The second kappa shape index (κ2) is 5.25. The third kappa shape index (κ3) is 2.40. The Morgan fingerprint density at radius 1 is 1.31 bits per heavy atom. The van der Waals surface area contributed by atoms with Crippen LogP contribution in [0, 0.1) is 0 Å². The lowest BCUT2D eigenvalue weighted by Gasteiger charge is -2.52. The smallest absolute Gasteiger partial charge is 0.0351 e. The van der Waals surface area contributed by atoms with E-state index in [0.29, 0.717) is 11.6 Å². The fraction of sp³-hybridized carbons (Fsp3) is 1.00. The van der Waals surface area contributed by atoms with Gasteiger partial charge in [-0.1, -0.05) is 0 Å². The molecule has 1 atom stereocenters. The highest BCUT2D eigenvalue weighted by Gasteiger charge is 2.40. The first-order valence-electron chi connectivity index (χ1n) is 6.41. The highest BCUT2D eigenvalue weighted by Crippen LogP contribution is 2.34. The first kappa shape index (κ1) is 12.7. The average molecular weight is 243 g/mol. The van der Waals surface area contributed by atoms with Gasteiger partial charge in [-0.2, -0.15) is 11.8 Å². The van der Waals surface area contributed by atoms with Gasteiger partial charge in [-0.3, -0.25) is 4.90 Å². The van der Waals surface area contributed by atoms with Crippen LogP contribution >= 0.6 is 11.8 Å². The van der Waals surface area contributed by atoms with Crippen molar-refractivity contribution in [2.75, 3.05) is 44.7 Å². The minimum absolute atomic E-state index is 0.311. The molecule has 0 aromatic heterocycles. The van der Waals surface area contributed by atoms with Crippen molar-refractivity contribution in [1.82, 2.24) is 9.80 Å². The second-order valence-electron chi connectivity index (χ2n) is 5.35. The Morgan fingerprint density at radius 2 is 2.00 bits per heavy atom. The normalized spacial score (nSPS) is 32.8. The molecule has 16 heavy (non-hydrogen) atoms. The summed E-state index contributed by atoms with van der Waals surface area (Å²) in [6, 6.07) is 0.658. The third-order valence-corrected chi connectivity index (χ3v) is 5.23. The molecule has 2 aliphatic heterocycles. The summed E-state index contributed by atoms with van der Waals surface area (Å²) in [7, 11) is 2.22. The van der Waals surface area contributed by atoms with Crippen LogP contribution in [-0.4, -0.2) is 66.1 Å². The lowest BCUT2D eigenvalue weighted by molar-refractivity contribution is -0.00187. The maximum absolute atomic E-state index is 6.10. The molecule has 0 aromatic carbocycles. The van der Waals surface area contributed by atoms with Crippen LogP contribution in [0.5, 0.6) is 0 Å². The summed E-state index contributed by atoms with van der Waals surface area (Å²) in [4.78, 5) is 5.13. The van der Waals surface area contributed by atoms with Crippen molar-refractivity contribution < 1.29 is 0 Å². The molecule has 0 aliphatic carbocycles. The van der Waals surface area contributed by atoms with Crippen LogP contribution in [0.4, 0.5) is 0 Å². The van der Waals surface area contributed by atoms with Gasteiger partial charge in [0.15, 0.2) is 0 Å². The molecule has 2 heterocycles. The molecule has 0 amide bonds. The number of likely N-dealkylation sites (N-methyl/N-ethyl adjacent to an activating group) is 1. The van der Waals surface area contributed by atoms with Gasteiger partial charge in [0.2, 0.25) is 0 Å². The molecular formula is C12H25N3S. The SMILES string of the molecule is CC1CN(C)CCN1C1(CN)CCSCC1. The molecule has 94 valence electrons. The van der Waals surface area contributed by atoms with Gasteiger partial charge >= 0.3 is 0 Å². The van der Waals surface area contributed by atoms with Crippen LogP contribution in [0.2, 0.25) is 0 Å². The molecule has 0 aromatic rings. The Labute approximate surface area is 104 Å². The molecule has 0 spiro atoms. The van der Waals surface area contributed by atoms with E-state index in [4.69, 9.17) is 5.73 Å². The van der Waals surface area contributed by atoms with Crippen molar-refractivity contribution in [3.8, 4) is 0 Å². The molecule has 2 fully saturated rings. The molecule has 0 saturated carbocycles. The largest absolute Gasteiger partial charge is 0.329 e. The fourth-order valence-corrected chi connectivity index (χ4v) is 4.46. The van der Waals surface area contributed by atoms with Crippen LogP contribution in [0.25, 0.3) is 0 Å². The van der Waals surface area contributed by atoms with Gasteiger partial charge in [-0.25, -0.2) is 0 Å². The Morgan fingerprint density at radius 3 is 2.56 bits per heavy atom. The van der Waals surface area contributed by atoms with Crippen molar-refractivity contribution in [3.05, 3.63) is 0 Å². The Kier molecular flexibility index (Phi) is 4.16. The van der Waals surface area contributed by atoms with Gasteiger partial charge in [-0.05, 0) is 38.3 Å². The zero-order valence-corrected chi connectivity index (χ0v) is 11.4. The van der Waals surface area contributed by atoms with Gasteiger partial charge in [0.25, 0.3) is 0 Å². The maximum atomic E-state index is 6.10. The molecule has 0 bridgehead atoms. The summed E-state index contributed by atoms with van der Waals surface area (Å²) in [6.45, 7) is 6.77. The van der Waals surface area contributed by atoms with Crippen molar-refractivity contribution in [1.29, 1.82) is 0 Å². The maximum Gasteiger partial charge on any atom is 0.0351 e. The summed E-state index contributed by atoms with van der Waals surface area (Å²) in [6.07, 6.45) is 2.56. The summed E-state index contributed by atoms with van der Waals surface area (Å²) < 4.78 is 0. The van der Waals surface area contributed by atoms with E-state index in [1.807, 2.05) is 0 Å². The number of nitrogens with zero attached hydrogens (tertiary/aromatic N) is 2. The van der Waals surface area contributed by atoms with E-state index >= 15 is 0 Å². The summed E-state index contributed by atoms with van der Waals surface area (Å²) in [5, 5.41) is 0. The average Bonchev–Trinajstić information content (AvgIpc) is 2.30. The molecule has 2 saturated heterocycles. The van der Waals surface area contributed by atoms with Crippen LogP contribution < -0.4 is 5.73 Å². The molecule has 4 heteroatoms. The van der Waals surface area contributed by atoms with Crippen LogP contribution in [0.1, 0.15) is 19.8 Å². The first-order valence-corrected chi connectivity index (χ1v) is 7.56. The van der Waals surface area contributed by atoms with Gasteiger partial charge in [0.1, 0.15) is 0 Å². The number of piperazine rings is 1. The Balaban J connectivity index is 2.07. The minimum atomic E-state index is 0.311. The van der Waals surface area contributed by atoms with Gasteiger partial charge < -0.3 is 10.6 Å². The molecular weight excluding hydrogens is 218 g/mol. The topological polar surface area (TPSA) is 32.5 Å². The van der Waals surface area contributed by atoms with E-state index in [-0.39, 0.29) is 0 Å². The van der Waals surface area contributed by atoms with Crippen molar-refractivity contribution in [2.24, 2.45) is 5.73 Å². The number of hydrogen-bond donors (Lipinski definition) is 1. The highest BCUT2D eigenvalue weighted by molar-refractivity contribution is 7.99. The van der Waals surface area contributed by atoms with Crippen LogP contribution in [0.15, 0.2) is 0 Å². The summed E-state index contributed by atoms with van der Waals surface area (Å²) in [5.41, 5.74) is 6.41. The molecule has 2 N–H and O–H groups in total. The molecule has 0 radical (unpaired) electrons. The van der Waals surface area contributed by atoms with Crippen molar-refractivity contribution in [3.63, 3.8) is 0 Å². The fourth-order valence-electron chi connectivity index (χ4n) is 3.20. The van der Waals surface area contributed by atoms with E-state index < -0.39 is 0 Å². The van der Waals surface area contributed by atoms with Crippen LogP contribution in [0.3, 0.4) is 0 Å². The van der Waals surface area contributed by atoms with E-state index in [1.165, 1.54) is 44.0 Å². The number of nitrogens with two attached hydrogens (primary N) is 1. The molecule has 2 rings (SSSR count). The van der Waals surface area contributed by atoms with E-state index in [9.17, 15) is 0 Å². The number of rotatable bonds is 2. The van der Waals surface area contributed by atoms with Gasteiger partial charge in [-0.15, -0.1) is 0 Å². The number of hydrogen-bond acceptors (Lipinski definition) is 4. The summed E-state index contributed by atoms with van der Waals surface area (Å²) >= 11 is 2.09. The predicted octanol–water partition coefficient (Wildman–Crippen LogP) is 0.847. The number of thioether (sulfide) groups is 1. The first-order chi connectivity index (χ1) is 7.68. The Bertz CT molecular complexity index is 228. The molecule has 3 nitrogen and oxygen atoms in total. The zero-order chi connectivity index (χ0) is 11.6. The Hall–Kier alpha value is 0.230. The predicted molar refractivity (Wildman–Crippen MR) is 72.0 cm³/mol. The van der Waals surface area contributed by atoms with Crippen LogP contribution in [-0.2, 0) is 0 Å². The van der Waals surface area contributed by atoms with E-state index in [0.717, 1.165) is 6.54 Å².